The molecule has 2 aromatic rings. The number of hydrogen-bond acceptors (Lipinski definition) is 4. The number of hydrogen-bond donors (Lipinski definition) is 1. The molecule has 0 aliphatic rings. The maximum atomic E-state index is 13.1. The average Bonchev–Trinajstić information content (AvgIpc) is 2.61. The summed E-state index contributed by atoms with van der Waals surface area (Å²) in [6.45, 7) is 7.57. The van der Waals surface area contributed by atoms with Crippen molar-refractivity contribution < 1.29 is 17.9 Å². The summed E-state index contributed by atoms with van der Waals surface area (Å²) in [5.74, 6) is 0.0205. The Balaban J connectivity index is 2.47. The van der Waals surface area contributed by atoms with E-state index in [0.29, 0.717) is 17.1 Å². The van der Waals surface area contributed by atoms with Gasteiger partial charge in [-0.05, 0) is 56.5 Å². The number of aryl methyl sites for hydroxylation is 3. The minimum Gasteiger partial charge on any atom is -0.495 e. The van der Waals surface area contributed by atoms with Crippen molar-refractivity contribution in [2.45, 2.75) is 40.2 Å². The first-order chi connectivity index (χ1) is 13.5. The van der Waals surface area contributed by atoms with E-state index in [9.17, 15) is 13.2 Å². The highest BCUT2D eigenvalue weighted by Crippen LogP contribution is 2.32. The second-order valence-electron chi connectivity index (χ2n) is 7.06. The molecule has 1 N–H and O–H groups in total. The van der Waals surface area contributed by atoms with Crippen molar-refractivity contribution in [3.63, 3.8) is 0 Å². The molecule has 0 aliphatic carbocycles. The molecule has 0 saturated carbocycles. The van der Waals surface area contributed by atoms with E-state index in [1.54, 1.807) is 19.1 Å². The van der Waals surface area contributed by atoms with E-state index in [2.05, 4.69) is 5.32 Å². The highest BCUT2D eigenvalue weighted by atomic mass is 35.5. The quantitative estimate of drug-likeness (QED) is 0.692. The first kappa shape index (κ1) is 23.0. The van der Waals surface area contributed by atoms with Crippen molar-refractivity contribution in [3.8, 4) is 5.75 Å². The topological polar surface area (TPSA) is 75.7 Å². The van der Waals surface area contributed by atoms with Gasteiger partial charge in [-0.1, -0.05) is 36.2 Å². The Morgan fingerprint density at radius 3 is 2.21 bits per heavy atom. The number of carbonyl (C=O) groups is 1. The number of nitrogens with zero attached hydrogens (tertiary/aromatic N) is 1. The summed E-state index contributed by atoms with van der Waals surface area (Å²) in [6.07, 6.45) is 1.36. The Morgan fingerprint density at radius 1 is 1.17 bits per heavy atom. The van der Waals surface area contributed by atoms with Crippen LogP contribution >= 0.6 is 11.6 Å². The van der Waals surface area contributed by atoms with E-state index in [0.717, 1.165) is 27.3 Å². The monoisotopic (exact) mass is 438 g/mol. The Hall–Kier alpha value is -2.25. The third-order valence-electron chi connectivity index (χ3n) is 4.64. The van der Waals surface area contributed by atoms with Gasteiger partial charge >= 0.3 is 0 Å². The van der Waals surface area contributed by atoms with Gasteiger partial charge in [0.1, 0.15) is 11.8 Å². The molecule has 0 heterocycles. The van der Waals surface area contributed by atoms with E-state index in [-0.39, 0.29) is 11.4 Å². The molecule has 0 spiro atoms. The molecule has 29 heavy (non-hydrogen) atoms. The number of rotatable bonds is 7. The van der Waals surface area contributed by atoms with Crippen LogP contribution in [0.25, 0.3) is 0 Å². The molecule has 0 fully saturated rings. The van der Waals surface area contributed by atoms with Gasteiger partial charge in [0.2, 0.25) is 15.9 Å². The summed E-state index contributed by atoms with van der Waals surface area (Å²) in [5, 5.41) is 3.18. The number of sulfonamides is 1. The second kappa shape index (κ2) is 9.05. The molecule has 1 atom stereocenters. The number of amides is 1. The SMILES string of the molecule is CCC(C(=O)Nc1c(C)cc(C)cc1C)N(c1ccc(OC)c(Cl)c1)S(C)(=O)=O. The van der Waals surface area contributed by atoms with Crippen LogP contribution in [0.3, 0.4) is 0 Å². The fourth-order valence-electron chi connectivity index (χ4n) is 3.44. The van der Waals surface area contributed by atoms with Crippen LogP contribution in [-0.2, 0) is 14.8 Å². The standard InChI is InChI=1S/C21H27ClN2O4S/c1-7-18(21(25)23-20-14(3)10-13(2)11-15(20)4)24(29(6,26)27)16-8-9-19(28-5)17(22)12-16/h8-12,18H,7H2,1-6H3,(H,23,25). The number of methoxy groups -OCH3 is 1. The number of anilines is 2. The van der Waals surface area contributed by atoms with Crippen molar-refractivity contribution in [3.05, 3.63) is 52.0 Å². The van der Waals surface area contributed by atoms with E-state index in [1.807, 2.05) is 32.9 Å². The van der Waals surface area contributed by atoms with Gasteiger partial charge in [0, 0.05) is 5.69 Å². The fraction of sp³-hybridized carbons (Fsp3) is 0.381. The van der Waals surface area contributed by atoms with Crippen LogP contribution in [0.4, 0.5) is 11.4 Å². The number of halogens is 1. The molecule has 2 aromatic carbocycles. The molecule has 2 rings (SSSR count). The first-order valence-corrected chi connectivity index (χ1v) is 11.4. The summed E-state index contributed by atoms with van der Waals surface area (Å²) in [5.41, 5.74) is 3.93. The lowest BCUT2D eigenvalue weighted by Crippen LogP contribution is -2.47. The van der Waals surface area contributed by atoms with Crippen molar-refractivity contribution >= 4 is 38.9 Å². The highest BCUT2D eigenvalue weighted by Gasteiger charge is 2.32. The minimum absolute atomic E-state index is 0.263. The van der Waals surface area contributed by atoms with Gasteiger partial charge in [-0.2, -0.15) is 0 Å². The van der Waals surface area contributed by atoms with Gasteiger partial charge in [-0.15, -0.1) is 0 Å². The molecule has 6 nitrogen and oxygen atoms in total. The predicted molar refractivity (Wildman–Crippen MR) is 119 cm³/mol. The van der Waals surface area contributed by atoms with Gasteiger partial charge in [0.25, 0.3) is 0 Å². The lowest BCUT2D eigenvalue weighted by atomic mass is 10.0. The van der Waals surface area contributed by atoms with Crippen molar-refractivity contribution in [1.29, 1.82) is 0 Å². The molecule has 0 saturated heterocycles. The zero-order chi connectivity index (χ0) is 21.9. The number of ether oxygens (including phenoxy) is 1. The van der Waals surface area contributed by atoms with Crippen LogP contribution in [0.1, 0.15) is 30.0 Å². The summed E-state index contributed by atoms with van der Waals surface area (Å²) in [4.78, 5) is 13.1. The zero-order valence-electron chi connectivity index (χ0n) is 17.5. The summed E-state index contributed by atoms with van der Waals surface area (Å²) in [7, 11) is -2.28. The maximum absolute atomic E-state index is 13.1. The highest BCUT2D eigenvalue weighted by molar-refractivity contribution is 7.92. The molecule has 1 unspecified atom stereocenters. The summed E-state index contributed by atoms with van der Waals surface area (Å²) < 4.78 is 31.4. The summed E-state index contributed by atoms with van der Waals surface area (Å²) in [6, 6.07) is 7.65. The smallest absolute Gasteiger partial charge is 0.248 e. The Morgan fingerprint density at radius 2 is 1.76 bits per heavy atom. The van der Waals surface area contributed by atoms with Gasteiger partial charge < -0.3 is 10.1 Å². The predicted octanol–water partition coefficient (Wildman–Crippen LogP) is 4.46. The summed E-state index contributed by atoms with van der Waals surface area (Å²) >= 11 is 6.19. The first-order valence-electron chi connectivity index (χ1n) is 9.21. The number of nitrogens with one attached hydrogen (secondary N) is 1. The van der Waals surface area contributed by atoms with Gasteiger partial charge in [0.15, 0.2) is 0 Å². The largest absolute Gasteiger partial charge is 0.495 e. The number of carbonyl (C=O) groups excluding carboxylic acids is 1. The third-order valence-corrected chi connectivity index (χ3v) is 6.12. The van der Waals surface area contributed by atoms with Crippen molar-refractivity contribution in [2.24, 2.45) is 0 Å². The molecular weight excluding hydrogens is 412 g/mol. The lowest BCUT2D eigenvalue weighted by Gasteiger charge is -2.30. The van der Waals surface area contributed by atoms with Crippen LogP contribution in [0.2, 0.25) is 5.02 Å². The zero-order valence-corrected chi connectivity index (χ0v) is 19.1. The van der Waals surface area contributed by atoms with Crippen LogP contribution < -0.4 is 14.4 Å². The molecule has 8 heteroatoms. The third kappa shape index (κ3) is 5.22. The molecular formula is C21H27ClN2O4S. The Labute approximate surface area is 177 Å². The normalized spacial score (nSPS) is 12.4. The van der Waals surface area contributed by atoms with Gasteiger partial charge in [-0.25, -0.2) is 8.42 Å². The van der Waals surface area contributed by atoms with Crippen LogP contribution in [0.5, 0.6) is 5.75 Å². The van der Waals surface area contributed by atoms with Crippen LogP contribution in [0, 0.1) is 20.8 Å². The molecule has 0 radical (unpaired) electrons. The van der Waals surface area contributed by atoms with Crippen molar-refractivity contribution in [1.82, 2.24) is 0 Å². The van der Waals surface area contributed by atoms with E-state index >= 15 is 0 Å². The van der Waals surface area contributed by atoms with Crippen molar-refractivity contribution in [2.75, 3.05) is 23.0 Å². The molecule has 1 amide bonds. The van der Waals surface area contributed by atoms with E-state index in [1.165, 1.54) is 13.2 Å². The maximum Gasteiger partial charge on any atom is 0.248 e. The molecule has 158 valence electrons. The Bertz CT molecular complexity index is 998. The fourth-order valence-corrected chi connectivity index (χ4v) is 4.89. The van der Waals surface area contributed by atoms with E-state index in [4.69, 9.17) is 16.3 Å². The number of benzene rings is 2. The van der Waals surface area contributed by atoms with Gasteiger partial charge in [0.05, 0.1) is 24.1 Å². The van der Waals surface area contributed by atoms with Gasteiger partial charge in [-0.3, -0.25) is 9.10 Å². The van der Waals surface area contributed by atoms with Crippen LogP contribution in [0.15, 0.2) is 30.3 Å². The molecule has 0 aliphatic heterocycles. The lowest BCUT2D eigenvalue weighted by molar-refractivity contribution is -0.117. The Kier molecular flexibility index (Phi) is 7.19. The van der Waals surface area contributed by atoms with E-state index < -0.39 is 22.0 Å². The second-order valence-corrected chi connectivity index (χ2v) is 9.33. The minimum atomic E-state index is -3.76. The molecule has 0 aromatic heterocycles. The molecule has 0 bridgehead atoms. The average molecular weight is 439 g/mol. The van der Waals surface area contributed by atoms with Crippen LogP contribution in [-0.4, -0.2) is 33.7 Å².